The number of aromatic nitrogens is 2. The summed E-state index contributed by atoms with van der Waals surface area (Å²) in [6.07, 6.45) is 6.26. The minimum Gasteiger partial charge on any atom is -0.353 e. The van der Waals surface area contributed by atoms with E-state index in [2.05, 4.69) is 29.1 Å². The lowest BCUT2D eigenvalue weighted by molar-refractivity contribution is 0.326. The fourth-order valence-electron chi connectivity index (χ4n) is 6.40. The second kappa shape index (κ2) is 11.4. The van der Waals surface area contributed by atoms with Crippen molar-refractivity contribution < 1.29 is 4.39 Å². The van der Waals surface area contributed by atoms with Crippen molar-refractivity contribution in [1.82, 2.24) is 20.2 Å². The van der Waals surface area contributed by atoms with Gasteiger partial charge >= 0.3 is 0 Å². The summed E-state index contributed by atoms with van der Waals surface area (Å²) in [7, 11) is 2.17. The van der Waals surface area contributed by atoms with Crippen LogP contribution in [0.2, 0.25) is 5.02 Å². The molecule has 3 aromatic carbocycles. The molecule has 0 aliphatic carbocycles. The Morgan fingerprint density at radius 3 is 2.56 bits per heavy atom. The first-order valence-corrected chi connectivity index (χ1v) is 14.8. The van der Waals surface area contributed by atoms with Gasteiger partial charge in [-0.15, -0.1) is 0 Å². The summed E-state index contributed by atoms with van der Waals surface area (Å²) in [6.45, 7) is 6.09. The zero-order chi connectivity index (χ0) is 26.9. The van der Waals surface area contributed by atoms with Crippen LogP contribution in [-0.4, -0.2) is 60.2 Å². The lowest BCUT2D eigenvalue weighted by Crippen LogP contribution is -2.51. The second-order valence-electron chi connectivity index (χ2n) is 11.2. The first-order chi connectivity index (χ1) is 19.0. The largest absolute Gasteiger partial charge is 0.353 e. The van der Waals surface area contributed by atoms with Gasteiger partial charge in [0.1, 0.15) is 17.2 Å². The molecule has 0 saturated carbocycles. The topological polar surface area (TPSA) is 44.3 Å². The predicted molar refractivity (Wildman–Crippen MR) is 160 cm³/mol. The molecule has 6 rings (SSSR count). The Hall–Kier alpha value is -2.80. The summed E-state index contributed by atoms with van der Waals surface area (Å²) in [6, 6.07) is 16.8. The van der Waals surface area contributed by atoms with Gasteiger partial charge in [-0.3, -0.25) is 0 Å². The number of benzene rings is 3. The van der Waals surface area contributed by atoms with Crippen molar-refractivity contribution in [2.75, 3.05) is 38.1 Å². The summed E-state index contributed by atoms with van der Waals surface area (Å²) in [4.78, 5) is 14.6. The molecule has 7 heteroatoms. The molecule has 4 aromatic rings. The molecule has 0 spiro atoms. The number of aryl methyl sites for hydroxylation is 1. The van der Waals surface area contributed by atoms with Crippen molar-refractivity contribution in [2.45, 2.75) is 57.5 Å². The third kappa shape index (κ3) is 5.34. The van der Waals surface area contributed by atoms with Crippen LogP contribution in [-0.2, 0) is 6.42 Å². The molecule has 2 bridgehead atoms. The molecule has 39 heavy (non-hydrogen) atoms. The van der Waals surface area contributed by atoms with Crippen molar-refractivity contribution in [3.05, 3.63) is 65.2 Å². The third-order valence-electron chi connectivity index (χ3n) is 8.28. The van der Waals surface area contributed by atoms with Gasteiger partial charge < -0.3 is 15.1 Å². The number of hydrogen-bond donors (Lipinski definition) is 1. The Bertz CT molecular complexity index is 1470. The Labute approximate surface area is 235 Å². The number of anilines is 1. The van der Waals surface area contributed by atoms with Gasteiger partial charge in [0, 0.05) is 42.5 Å². The number of nitrogens with zero attached hydrogens (tertiary/aromatic N) is 4. The number of piperazine rings is 1. The molecule has 2 saturated heterocycles. The Kier molecular flexibility index (Phi) is 7.70. The minimum atomic E-state index is -0.362. The lowest BCUT2D eigenvalue weighted by atomic mass is 9.96. The zero-order valence-electron chi connectivity index (χ0n) is 22.9. The summed E-state index contributed by atoms with van der Waals surface area (Å²) >= 11 is 6.89. The van der Waals surface area contributed by atoms with Crippen LogP contribution >= 0.6 is 11.6 Å². The van der Waals surface area contributed by atoms with Gasteiger partial charge in [-0.05, 0) is 74.6 Å². The second-order valence-corrected chi connectivity index (χ2v) is 11.6. The average Bonchev–Trinajstić information content (AvgIpc) is 3.28. The maximum atomic E-state index is 16.6. The van der Waals surface area contributed by atoms with Crippen LogP contribution in [0.4, 0.5) is 10.2 Å². The van der Waals surface area contributed by atoms with Crippen LogP contribution in [0.3, 0.4) is 0 Å². The molecule has 204 valence electrons. The van der Waals surface area contributed by atoms with Gasteiger partial charge in [0.2, 0.25) is 0 Å². The highest BCUT2D eigenvalue weighted by Gasteiger charge is 2.34. The van der Waals surface area contributed by atoms with Crippen LogP contribution in [0.25, 0.3) is 32.8 Å². The number of hydrogen-bond acceptors (Lipinski definition) is 5. The zero-order valence-corrected chi connectivity index (χ0v) is 23.6. The van der Waals surface area contributed by atoms with E-state index in [1.807, 2.05) is 48.5 Å². The van der Waals surface area contributed by atoms with E-state index in [4.69, 9.17) is 21.6 Å². The van der Waals surface area contributed by atoms with Crippen molar-refractivity contribution >= 4 is 39.1 Å². The van der Waals surface area contributed by atoms with Gasteiger partial charge in [0.25, 0.3) is 0 Å². The third-order valence-corrected chi connectivity index (χ3v) is 8.58. The molecule has 2 atom stereocenters. The normalized spacial score (nSPS) is 19.1. The molecule has 2 aliphatic rings. The number of nitrogens with one attached hydrogen (secondary N) is 1. The van der Waals surface area contributed by atoms with E-state index in [9.17, 15) is 0 Å². The molecular formula is C32H37ClFN5. The fraction of sp³-hybridized carbons (Fsp3) is 0.438. The molecule has 2 fully saturated rings. The number of rotatable bonds is 9. The van der Waals surface area contributed by atoms with E-state index in [-0.39, 0.29) is 5.82 Å². The van der Waals surface area contributed by atoms with E-state index in [0.717, 1.165) is 74.0 Å². The molecule has 1 aromatic heterocycles. The summed E-state index contributed by atoms with van der Waals surface area (Å²) in [5.74, 6) is 1.17. The fourth-order valence-corrected chi connectivity index (χ4v) is 6.69. The lowest BCUT2D eigenvalue weighted by Gasteiger charge is -2.34. The first kappa shape index (κ1) is 26.4. The SMILES string of the molecule is CCCN(C)CCCCc1nc(N2CC3CCC(C2)N3)c2cc(Cl)c(-c3cccc4ccccc34)c(F)c2n1. The highest BCUT2D eigenvalue weighted by atomic mass is 35.5. The van der Waals surface area contributed by atoms with Crippen molar-refractivity contribution in [3.8, 4) is 11.1 Å². The van der Waals surface area contributed by atoms with Crippen molar-refractivity contribution in [3.63, 3.8) is 0 Å². The van der Waals surface area contributed by atoms with E-state index >= 15 is 4.39 Å². The van der Waals surface area contributed by atoms with Crippen LogP contribution in [0.15, 0.2) is 48.5 Å². The molecule has 0 radical (unpaired) electrons. The predicted octanol–water partition coefficient (Wildman–Crippen LogP) is 6.85. The van der Waals surface area contributed by atoms with Crippen LogP contribution < -0.4 is 10.2 Å². The molecular weight excluding hydrogens is 509 g/mol. The highest BCUT2D eigenvalue weighted by molar-refractivity contribution is 6.35. The maximum absolute atomic E-state index is 16.6. The maximum Gasteiger partial charge on any atom is 0.158 e. The molecule has 5 nitrogen and oxygen atoms in total. The van der Waals surface area contributed by atoms with E-state index in [0.29, 0.717) is 39.4 Å². The molecule has 3 heterocycles. The van der Waals surface area contributed by atoms with Gasteiger partial charge in [0.15, 0.2) is 5.82 Å². The molecule has 2 unspecified atom stereocenters. The smallest absolute Gasteiger partial charge is 0.158 e. The number of unbranched alkanes of at least 4 members (excludes halogenated alkanes) is 1. The highest BCUT2D eigenvalue weighted by Crippen LogP contribution is 2.41. The number of halogens is 2. The Morgan fingerprint density at radius 2 is 1.77 bits per heavy atom. The van der Waals surface area contributed by atoms with E-state index in [1.54, 1.807) is 0 Å². The van der Waals surface area contributed by atoms with Crippen molar-refractivity contribution in [1.29, 1.82) is 0 Å². The van der Waals surface area contributed by atoms with E-state index < -0.39 is 0 Å². The summed E-state index contributed by atoms with van der Waals surface area (Å²) in [5, 5.41) is 6.82. The quantitative estimate of drug-likeness (QED) is 0.233. The van der Waals surface area contributed by atoms with Gasteiger partial charge in [-0.25, -0.2) is 14.4 Å². The Morgan fingerprint density at radius 1 is 1.00 bits per heavy atom. The van der Waals surface area contributed by atoms with E-state index in [1.165, 1.54) is 12.8 Å². The number of fused-ring (bicyclic) bond motifs is 4. The minimum absolute atomic E-state index is 0.362. The Balaban J connectivity index is 1.43. The van der Waals surface area contributed by atoms with Crippen LogP contribution in [0.1, 0.15) is 44.9 Å². The summed E-state index contributed by atoms with van der Waals surface area (Å²) in [5.41, 5.74) is 1.58. The molecule has 1 N–H and O–H groups in total. The molecule has 2 aliphatic heterocycles. The van der Waals surface area contributed by atoms with Gasteiger partial charge in [-0.1, -0.05) is 61.0 Å². The van der Waals surface area contributed by atoms with Crippen molar-refractivity contribution in [2.24, 2.45) is 0 Å². The first-order valence-electron chi connectivity index (χ1n) is 14.4. The standard InChI is InChI=1S/C32H37ClFN5/c1-3-16-38(2)17-7-6-13-28-36-31-26(32(37-28)39-19-22-14-15-23(20-39)35-22)18-27(33)29(30(31)34)25-12-8-10-21-9-4-5-11-24(21)25/h4-5,8-12,18,22-23,35H,3,6-7,13-17,19-20H2,1-2H3. The van der Waals surface area contributed by atoms with Gasteiger partial charge in [0.05, 0.1) is 5.02 Å². The van der Waals surface area contributed by atoms with Crippen LogP contribution in [0.5, 0.6) is 0 Å². The van der Waals surface area contributed by atoms with Gasteiger partial charge in [-0.2, -0.15) is 0 Å². The monoisotopic (exact) mass is 545 g/mol. The summed E-state index contributed by atoms with van der Waals surface area (Å²) < 4.78 is 16.6. The molecule has 0 amide bonds. The van der Waals surface area contributed by atoms with Crippen LogP contribution in [0, 0.1) is 5.82 Å². The average molecular weight is 546 g/mol.